The summed E-state index contributed by atoms with van der Waals surface area (Å²) < 4.78 is 15.4. The van der Waals surface area contributed by atoms with E-state index in [1.54, 1.807) is 24.3 Å². The highest BCUT2D eigenvalue weighted by Gasteiger charge is 2.13. The summed E-state index contributed by atoms with van der Waals surface area (Å²) in [6, 6.07) is 9.64. The second-order valence-corrected chi connectivity index (χ2v) is 5.81. The fourth-order valence-corrected chi connectivity index (χ4v) is 2.99. The molecule has 0 unspecified atom stereocenters. The van der Waals surface area contributed by atoms with Gasteiger partial charge < -0.3 is 0 Å². The van der Waals surface area contributed by atoms with E-state index in [1.807, 2.05) is 4.57 Å². The summed E-state index contributed by atoms with van der Waals surface area (Å²) in [5, 5.41) is 1.01. The number of nitrogens with zero attached hydrogens (tertiary/aromatic N) is 2. The van der Waals surface area contributed by atoms with Gasteiger partial charge in [0.25, 0.3) is 0 Å². The molecule has 0 amide bonds. The van der Waals surface area contributed by atoms with Gasteiger partial charge in [0.15, 0.2) is 0 Å². The number of hydrogen-bond acceptors (Lipinski definition) is 1. The van der Waals surface area contributed by atoms with E-state index in [1.165, 1.54) is 12.1 Å². The van der Waals surface area contributed by atoms with Crippen LogP contribution in [0.4, 0.5) is 4.39 Å². The molecule has 0 aliphatic rings. The summed E-state index contributed by atoms with van der Waals surface area (Å²) in [5.74, 6) is 0.832. The van der Waals surface area contributed by atoms with Crippen molar-refractivity contribution in [3.8, 4) is 5.69 Å². The van der Waals surface area contributed by atoms with Crippen molar-refractivity contribution in [2.45, 2.75) is 6.42 Å². The summed E-state index contributed by atoms with van der Waals surface area (Å²) in [5.41, 5.74) is 2.10. The van der Waals surface area contributed by atoms with E-state index in [0.29, 0.717) is 33.4 Å². The number of benzene rings is 2. The molecule has 0 N–H and O–H groups in total. The first-order valence-corrected chi connectivity index (χ1v) is 7.57. The molecule has 0 radical (unpaired) electrons. The zero-order chi connectivity index (χ0) is 15.0. The molecular formula is C15H10Cl3FN2. The van der Waals surface area contributed by atoms with Gasteiger partial charge in [0, 0.05) is 28.4 Å². The third-order valence-electron chi connectivity index (χ3n) is 3.11. The van der Waals surface area contributed by atoms with Crippen LogP contribution < -0.4 is 0 Å². The van der Waals surface area contributed by atoms with Crippen LogP contribution in [0.3, 0.4) is 0 Å². The normalized spacial score (nSPS) is 11.2. The number of aromatic nitrogens is 2. The quantitative estimate of drug-likeness (QED) is 0.594. The Balaban J connectivity index is 2.32. The molecule has 0 bridgehead atoms. The number of alkyl halides is 1. The Morgan fingerprint density at radius 2 is 1.76 bits per heavy atom. The van der Waals surface area contributed by atoms with Gasteiger partial charge in [-0.2, -0.15) is 0 Å². The number of rotatable bonds is 3. The molecule has 0 saturated carbocycles. The zero-order valence-electron chi connectivity index (χ0n) is 10.8. The molecule has 3 aromatic rings. The van der Waals surface area contributed by atoms with Crippen molar-refractivity contribution in [3.63, 3.8) is 0 Å². The van der Waals surface area contributed by atoms with E-state index in [9.17, 15) is 4.39 Å². The number of imidazole rings is 1. The average Bonchev–Trinajstić information content (AvgIpc) is 2.75. The minimum absolute atomic E-state index is 0.325. The molecule has 0 fully saturated rings. The fraction of sp³-hybridized carbons (Fsp3) is 0.133. The van der Waals surface area contributed by atoms with Crippen molar-refractivity contribution in [3.05, 3.63) is 58.1 Å². The molecule has 6 heteroatoms. The zero-order valence-corrected chi connectivity index (χ0v) is 13.1. The van der Waals surface area contributed by atoms with Gasteiger partial charge in [0.05, 0.1) is 16.7 Å². The Bertz CT molecular complexity index is 794. The maximum absolute atomic E-state index is 13.6. The first-order valence-electron chi connectivity index (χ1n) is 6.28. The van der Waals surface area contributed by atoms with Crippen LogP contribution in [0.5, 0.6) is 0 Å². The van der Waals surface area contributed by atoms with Gasteiger partial charge in [-0.3, -0.25) is 4.57 Å². The van der Waals surface area contributed by atoms with E-state index < -0.39 is 0 Å². The summed E-state index contributed by atoms with van der Waals surface area (Å²) in [6.07, 6.45) is 0.558. The lowest BCUT2D eigenvalue weighted by molar-refractivity contribution is 0.629. The third-order valence-corrected chi connectivity index (χ3v) is 3.74. The van der Waals surface area contributed by atoms with E-state index in [4.69, 9.17) is 34.8 Å². The van der Waals surface area contributed by atoms with Crippen LogP contribution in [-0.4, -0.2) is 15.4 Å². The molecule has 0 atom stereocenters. The van der Waals surface area contributed by atoms with Crippen LogP contribution in [0.15, 0.2) is 36.4 Å². The number of halogens is 4. The second-order valence-electron chi connectivity index (χ2n) is 4.56. The lowest BCUT2D eigenvalue weighted by atomic mass is 10.2. The summed E-state index contributed by atoms with van der Waals surface area (Å²) >= 11 is 18.0. The molecular weight excluding hydrogens is 334 g/mol. The topological polar surface area (TPSA) is 17.8 Å². The van der Waals surface area contributed by atoms with E-state index in [-0.39, 0.29) is 5.82 Å². The molecule has 0 saturated heterocycles. The molecule has 3 rings (SSSR count). The average molecular weight is 344 g/mol. The lowest BCUT2D eigenvalue weighted by Crippen LogP contribution is -2.02. The van der Waals surface area contributed by atoms with Crippen LogP contribution in [0.25, 0.3) is 16.7 Å². The molecule has 0 aliphatic heterocycles. The number of aryl methyl sites for hydroxylation is 1. The van der Waals surface area contributed by atoms with Crippen molar-refractivity contribution in [2.24, 2.45) is 0 Å². The standard InChI is InChI=1S/C15H10Cl3FN2/c16-4-3-15-20-13-2-1-11(19)8-14(13)21(15)12-6-9(17)5-10(18)7-12/h1-2,5-8H,3-4H2. The highest BCUT2D eigenvalue weighted by atomic mass is 35.5. The SMILES string of the molecule is Fc1ccc2nc(CCCl)n(-c3cc(Cl)cc(Cl)c3)c2c1. The fourth-order valence-electron chi connectivity index (χ4n) is 2.31. The van der Waals surface area contributed by atoms with E-state index in [2.05, 4.69) is 4.98 Å². The maximum Gasteiger partial charge on any atom is 0.125 e. The maximum atomic E-state index is 13.6. The predicted octanol–water partition coefficient (Wildman–Crippen LogP) is 5.25. The van der Waals surface area contributed by atoms with Crippen molar-refractivity contribution in [2.75, 3.05) is 5.88 Å². The Kier molecular flexibility index (Phi) is 4.07. The monoisotopic (exact) mass is 342 g/mol. The lowest BCUT2D eigenvalue weighted by Gasteiger charge is -2.10. The molecule has 0 spiro atoms. The van der Waals surface area contributed by atoms with E-state index >= 15 is 0 Å². The third kappa shape index (κ3) is 2.86. The minimum atomic E-state index is -0.325. The number of fused-ring (bicyclic) bond motifs is 1. The molecule has 1 heterocycles. The van der Waals surface area contributed by atoms with Gasteiger partial charge in [0.2, 0.25) is 0 Å². The Labute approximate surface area is 136 Å². The van der Waals surface area contributed by atoms with E-state index in [0.717, 1.165) is 11.5 Å². The highest BCUT2D eigenvalue weighted by Crippen LogP contribution is 2.27. The Morgan fingerprint density at radius 3 is 2.43 bits per heavy atom. The molecule has 0 aliphatic carbocycles. The largest absolute Gasteiger partial charge is 0.296 e. The van der Waals surface area contributed by atoms with Gasteiger partial charge in [0.1, 0.15) is 11.6 Å². The molecule has 2 aromatic carbocycles. The summed E-state index contributed by atoms with van der Waals surface area (Å²) in [4.78, 5) is 4.50. The summed E-state index contributed by atoms with van der Waals surface area (Å²) in [7, 11) is 0. The van der Waals surface area contributed by atoms with Crippen LogP contribution in [0.1, 0.15) is 5.82 Å². The van der Waals surface area contributed by atoms with Crippen molar-refractivity contribution in [1.82, 2.24) is 9.55 Å². The van der Waals surface area contributed by atoms with Crippen molar-refractivity contribution < 1.29 is 4.39 Å². The predicted molar refractivity (Wildman–Crippen MR) is 85.5 cm³/mol. The van der Waals surface area contributed by atoms with Gasteiger partial charge in [-0.05, 0) is 30.3 Å². The first kappa shape index (κ1) is 14.6. The number of hydrogen-bond donors (Lipinski definition) is 0. The molecule has 21 heavy (non-hydrogen) atoms. The molecule has 108 valence electrons. The van der Waals surface area contributed by atoms with Crippen LogP contribution in [0.2, 0.25) is 10.0 Å². The van der Waals surface area contributed by atoms with Gasteiger partial charge >= 0.3 is 0 Å². The van der Waals surface area contributed by atoms with Gasteiger partial charge in [-0.25, -0.2) is 9.37 Å². The van der Waals surface area contributed by atoms with Crippen molar-refractivity contribution in [1.29, 1.82) is 0 Å². The van der Waals surface area contributed by atoms with Crippen LogP contribution in [-0.2, 0) is 6.42 Å². The molecule has 2 nitrogen and oxygen atoms in total. The first-order chi connectivity index (χ1) is 10.1. The Morgan fingerprint density at radius 1 is 1.05 bits per heavy atom. The van der Waals surface area contributed by atoms with Gasteiger partial charge in [-0.1, -0.05) is 23.2 Å². The Hall–Kier alpha value is -1.29. The highest BCUT2D eigenvalue weighted by molar-refractivity contribution is 6.34. The molecule has 1 aromatic heterocycles. The van der Waals surface area contributed by atoms with Crippen LogP contribution >= 0.6 is 34.8 Å². The van der Waals surface area contributed by atoms with Crippen molar-refractivity contribution >= 4 is 45.8 Å². The second kappa shape index (κ2) is 5.84. The van der Waals surface area contributed by atoms with Crippen LogP contribution in [0, 0.1) is 5.82 Å². The van der Waals surface area contributed by atoms with Gasteiger partial charge in [-0.15, -0.1) is 11.6 Å². The summed E-state index contributed by atoms with van der Waals surface area (Å²) in [6.45, 7) is 0. The smallest absolute Gasteiger partial charge is 0.125 e. The minimum Gasteiger partial charge on any atom is -0.296 e.